The molecule has 1 aliphatic rings. The second-order valence-electron chi connectivity index (χ2n) is 4.43. The summed E-state index contributed by atoms with van der Waals surface area (Å²) in [5, 5.41) is 8.75. The van der Waals surface area contributed by atoms with E-state index in [1.165, 1.54) is 0 Å². The van der Waals surface area contributed by atoms with Gasteiger partial charge in [0.05, 0.1) is 6.07 Å². The number of carbonyl (C=O) groups excluding carboxylic acids is 2. The van der Waals surface area contributed by atoms with Gasteiger partial charge < -0.3 is 4.74 Å². The lowest BCUT2D eigenvalue weighted by Gasteiger charge is -2.24. The number of nitriles is 1. The van der Waals surface area contributed by atoms with Crippen LogP contribution >= 0.6 is 0 Å². The summed E-state index contributed by atoms with van der Waals surface area (Å²) in [4.78, 5) is 23.8. The predicted molar refractivity (Wildman–Crippen MR) is 51.7 cm³/mol. The first-order chi connectivity index (χ1) is 6.85. The molecule has 15 heavy (non-hydrogen) atoms. The van der Waals surface area contributed by atoms with E-state index in [0.717, 1.165) is 4.90 Å². The van der Waals surface area contributed by atoms with Gasteiger partial charge in [0.1, 0.15) is 11.6 Å². The van der Waals surface area contributed by atoms with Crippen LogP contribution in [0.15, 0.2) is 0 Å². The van der Waals surface area contributed by atoms with Gasteiger partial charge in [-0.1, -0.05) is 0 Å². The predicted octanol–water partition coefficient (Wildman–Crippen LogP) is 1.44. The van der Waals surface area contributed by atoms with Crippen LogP contribution in [0.4, 0.5) is 4.79 Å². The third-order valence-electron chi connectivity index (χ3n) is 1.95. The number of hydrogen-bond donors (Lipinski definition) is 0. The Kier molecular flexibility index (Phi) is 2.98. The Balaban J connectivity index is 2.74. The van der Waals surface area contributed by atoms with Crippen LogP contribution in [-0.4, -0.2) is 28.5 Å². The highest BCUT2D eigenvalue weighted by atomic mass is 16.6. The molecule has 5 heteroatoms. The van der Waals surface area contributed by atoms with Crippen LogP contribution in [0.5, 0.6) is 0 Å². The van der Waals surface area contributed by atoms with Gasteiger partial charge in [-0.3, -0.25) is 4.79 Å². The first-order valence-corrected chi connectivity index (χ1v) is 4.80. The van der Waals surface area contributed by atoms with Crippen LogP contribution in [-0.2, 0) is 9.53 Å². The van der Waals surface area contributed by atoms with E-state index in [1.54, 1.807) is 20.8 Å². The fourth-order valence-electron chi connectivity index (χ4n) is 1.35. The van der Waals surface area contributed by atoms with Crippen molar-refractivity contribution in [3.63, 3.8) is 0 Å². The van der Waals surface area contributed by atoms with Crippen LogP contribution in [0.2, 0.25) is 0 Å². The lowest BCUT2D eigenvalue weighted by Crippen LogP contribution is -2.41. The molecule has 1 fully saturated rings. The number of likely N-dealkylation sites (tertiary alicyclic amines) is 1. The Morgan fingerprint density at radius 2 is 2.20 bits per heavy atom. The third kappa shape index (κ3) is 2.69. The van der Waals surface area contributed by atoms with Crippen molar-refractivity contribution in [2.45, 2.75) is 45.3 Å². The molecule has 0 aromatic carbocycles. The molecule has 1 aliphatic heterocycles. The maximum atomic E-state index is 11.6. The lowest BCUT2D eigenvalue weighted by atomic mass is 10.2. The van der Waals surface area contributed by atoms with Crippen molar-refractivity contribution in [3.8, 4) is 6.07 Å². The summed E-state index contributed by atoms with van der Waals surface area (Å²) in [5.41, 5.74) is -0.653. The van der Waals surface area contributed by atoms with E-state index in [9.17, 15) is 9.59 Å². The topological polar surface area (TPSA) is 70.4 Å². The minimum absolute atomic E-state index is 0.234. The molecule has 1 atom stereocenters. The fourth-order valence-corrected chi connectivity index (χ4v) is 1.35. The highest BCUT2D eigenvalue weighted by Gasteiger charge is 2.38. The molecule has 0 aromatic rings. The quantitative estimate of drug-likeness (QED) is 0.606. The normalized spacial score (nSPS) is 21.3. The Hall–Kier alpha value is -1.57. The molecule has 0 aromatic heterocycles. The van der Waals surface area contributed by atoms with E-state index < -0.39 is 17.7 Å². The minimum Gasteiger partial charge on any atom is -0.443 e. The SMILES string of the molecule is CC(C)(C)OC(=O)N1C(=O)CC[C@H]1C#N. The highest BCUT2D eigenvalue weighted by molar-refractivity contribution is 5.94. The number of rotatable bonds is 0. The first kappa shape index (κ1) is 11.5. The first-order valence-electron chi connectivity index (χ1n) is 4.80. The van der Waals surface area contributed by atoms with Crippen LogP contribution < -0.4 is 0 Å². The molecule has 0 spiro atoms. The molecule has 1 heterocycles. The Labute approximate surface area is 88.6 Å². The minimum atomic E-state index is -0.725. The summed E-state index contributed by atoms with van der Waals surface area (Å²) in [5.74, 6) is -0.337. The third-order valence-corrected chi connectivity index (χ3v) is 1.95. The van der Waals surface area contributed by atoms with Gasteiger partial charge in [0.15, 0.2) is 0 Å². The molecule has 1 saturated heterocycles. The average molecular weight is 210 g/mol. The lowest BCUT2D eigenvalue weighted by molar-refractivity contribution is -0.127. The number of ether oxygens (including phenoxy) is 1. The van der Waals surface area contributed by atoms with Crippen molar-refractivity contribution in [2.24, 2.45) is 0 Å². The summed E-state index contributed by atoms with van der Waals surface area (Å²) < 4.78 is 5.04. The van der Waals surface area contributed by atoms with Crippen molar-refractivity contribution >= 4 is 12.0 Å². The molecule has 5 nitrogen and oxygen atoms in total. The molecule has 0 unspecified atom stereocenters. The van der Waals surface area contributed by atoms with Crippen molar-refractivity contribution in [1.29, 1.82) is 5.26 Å². The van der Waals surface area contributed by atoms with Gasteiger partial charge in [0.25, 0.3) is 0 Å². The Morgan fingerprint density at radius 3 is 2.67 bits per heavy atom. The molecule has 0 radical (unpaired) electrons. The van der Waals surface area contributed by atoms with Crippen LogP contribution in [0.1, 0.15) is 33.6 Å². The van der Waals surface area contributed by atoms with Gasteiger partial charge in [-0.05, 0) is 27.2 Å². The van der Waals surface area contributed by atoms with Crippen LogP contribution in [0.3, 0.4) is 0 Å². The molecular formula is C10H14N2O3. The monoisotopic (exact) mass is 210 g/mol. The zero-order chi connectivity index (χ0) is 11.6. The maximum Gasteiger partial charge on any atom is 0.418 e. The number of hydrogen-bond acceptors (Lipinski definition) is 4. The van der Waals surface area contributed by atoms with Crippen molar-refractivity contribution in [1.82, 2.24) is 4.90 Å². The summed E-state index contributed by atoms with van der Waals surface area (Å²) in [7, 11) is 0. The molecule has 82 valence electrons. The maximum absolute atomic E-state index is 11.6. The van der Waals surface area contributed by atoms with Gasteiger partial charge in [-0.15, -0.1) is 0 Å². The van der Waals surface area contributed by atoms with E-state index in [1.807, 2.05) is 6.07 Å². The fraction of sp³-hybridized carbons (Fsp3) is 0.700. The number of nitrogens with zero attached hydrogens (tertiary/aromatic N) is 2. The molecule has 0 saturated carbocycles. The van der Waals surface area contributed by atoms with E-state index in [2.05, 4.69) is 0 Å². The number of imide groups is 1. The molecule has 1 rings (SSSR count). The highest BCUT2D eigenvalue weighted by Crippen LogP contribution is 2.21. The molecule has 0 aliphatic carbocycles. The van der Waals surface area contributed by atoms with Crippen molar-refractivity contribution < 1.29 is 14.3 Å². The van der Waals surface area contributed by atoms with Gasteiger partial charge in [0, 0.05) is 6.42 Å². The standard InChI is InChI=1S/C10H14N2O3/c1-10(2,3)15-9(14)12-7(6-11)4-5-8(12)13/h7H,4-5H2,1-3H3/t7-/m0/s1. The number of amides is 2. The largest absolute Gasteiger partial charge is 0.443 e. The second-order valence-corrected chi connectivity index (χ2v) is 4.43. The summed E-state index contributed by atoms with van der Waals surface area (Å²) in [6, 6.07) is 1.24. The van der Waals surface area contributed by atoms with Crippen LogP contribution in [0, 0.1) is 11.3 Å². The van der Waals surface area contributed by atoms with E-state index in [4.69, 9.17) is 10.00 Å². The van der Waals surface area contributed by atoms with Gasteiger partial charge in [0.2, 0.25) is 5.91 Å². The van der Waals surface area contributed by atoms with Crippen LogP contribution in [0.25, 0.3) is 0 Å². The van der Waals surface area contributed by atoms with Gasteiger partial charge in [-0.2, -0.15) is 5.26 Å². The summed E-state index contributed by atoms with van der Waals surface area (Å²) in [6.07, 6.45) is -0.0944. The van der Waals surface area contributed by atoms with E-state index in [0.29, 0.717) is 6.42 Å². The molecule has 2 amide bonds. The van der Waals surface area contributed by atoms with Gasteiger partial charge in [-0.25, -0.2) is 9.69 Å². The zero-order valence-electron chi connectivity index (χ0n) is 9.11. The summed E-state index contributed by atoms with van der Waals surface area (Å²) >= 11 is 0. The van der Waals surface area contributed by atoms with E-state index in [-0.39, 0.29) is 12.3 Å². The van der Waals surface area contributed by atoms with Crippen molar-refractivity contribution in [3.05, 3.63) is 0 Å². The number of carbonyl (C=O) groups is 2. The second kappa shape index (κ2) is 3.89. The molecule has 0 bridgehead atoms. The van der Waals surface area contributed by atoms with Crippen molar-refractivity contribution in [2.75, 3.05) is 0 Å². The van der Waals surface area contributed by atoms with E-state index >= 15 is 0 Å². The molecule has 0 N–H and O–H groups in total. The Bertz CT molecular complexity index is 325. The van der Waals surface area contributed by atoms with Gasteiger partial charge >= 0.3 is 6.09 Å². The zero-order valence-corrected chi connectivity index (χ0v) is 9.11. The summed E-state index contributed by atoms with van der Waals surface area (Å²) in [6.45, 7) is 5.15. The molecular weight excluding hydrogens is 196 g/mol. The Morgan fingerprint density at radius 1 is 1.60 bits per heavy atom. The average Bonchev–Trinajstić information content (AvgIpc) is 2.43. The smallest absolute Gasteiger partial charge is 0.418 e.